The molecule has 3 atom stereocenters. The zero-order chi connectivity index (χ0) is 29.9. The van der Waals surface area contributed by atoms with E-state index in [0.29, 0.717) is 5.70 Å². The molecule has 0 aromatic rings. The van der Waals surface area contributed by atoms with Gasteiger partial charge < -0.3 is 30.3 Å². The number of aliphatic carboxylic acids is 3. The number of β-amino-alcohol motifs (C(OH)–C–C–N with tert-alkyl or cyclic N) is 2. The van der Waals surface area contributed by atoms with Crippen LogP contribution in [0.2, 0.25) is 0 Å². The van der Waals surface area contributed by atoms with E-state index in [9.17, 15) is 39.9 Å². The number of rotatable bonds is 11. The maximum atomic E-state index is 12.8. The van der Waals surface area contributed by atoms with Crippen molar-refractivity contribution in [3.8, 4) is 0 Å². The van der Waals surface area contributed by atoms with Crippen molar-refractivity contribution in [1.82, 2.24) is 19.6 Å². The molecule has 0 aromatic heterocycles. The summed E-state index contributed by atoms with van der Waals surface area (Å²) in [6, 6.07) is -1.12. The van der Waals surface area contributed by atoms with Crippen LogP contribution >= 0.6 is 12.2 Å². The SMILES string of the molecule is COC1(C)C=CC(N=C=S)=CC1C(C(=O)O)N1CCN(CC(=O)O)CCN(CC(=O)O)CCN(CC(O)O)CC1. The van der Waals surface area contributed by atoms with Crippen LogP contribution in [-0.2, 0) is 19.1 Å². The summed E-state index contributed by atoms with van der Waals surface area (Å²) < 4.78 is 5.74. The minimum atomic E-state index is -1.64. The summed E-state index contributed by atoms with van der Waals surface area (Å²) in [5.41, 5.74) is -0.571. The van der Waals surface area contributed by atoms with Crippen LogP contribution < -0.4 is 0 Å². The third kappa shape index (κ3) is 10.4. The second-order valence-corrected chi connectivity index (χ2v) is 10.2. The number of allylic oxidation sites excluding steroid dienone is 1. The Balaban J connectivity index is 2.46. The van der Waals surface area contributed by atoms with Crippen LogP contribution in [0.4, 0.5) is 0 Å². The normalized spacial score (nSPS) is 25.3. The quantitative estimate of drug-likeness (QED) is 0.110. The second kappa shape index (κ2) is 16.0. The molecular weight excluding hydrogens is 546 g/mol. The lowest BCUT2D eigenvalue weighted by Gasteiger charge is -2.43. The average Bonchev–Trinajstić information content (AvgIpc) is 2.86. The molecule has 1 fully saturated rings. The number of hydrogen-bond acceptors (Lipinski definition) is 12. The molecule has 0 spiro atoms. The Hall–Kier alpha value is -2.59. The molecule has 224 valence electrons. The molecule has 3 unspecified atom stereocenters. The van der Waals surface area contributed by atoms with Gasteiger partial charge in [-0.1, -0.05) is 6.08 Å². The maximum absolute atomic E-state index is 12.8. The highest BCUT2D eigenvalue weighted by Gasteiger charge is 2.44. The fourth-order valence-corrected chi connectivity index (χ4v) is 5.09. The van der Waals surface area contributed by atoms with Crippen molar-refractivity contribution in [2.45, 2.75) is 24.9 Å². The average molecular weight is 586 g/mol. The molecule has 15 heteroatoms. The van der Waals surface area contributed by atoms with E-state index in [1.807, 2.05) is 0 Å². The van der Waals surface area contributed by atoms with Crippen LogP contribution in [0.15, 0.2) is 28.9 Å². The summed E-state index contributed by atoms with van der Waals surface area (Å²) >= 11 is 4.72. The van der Waals surface area contributed by atoms with Crippen molar-refractivity contribution in [2.24, 2.45) is 10.9 Å². The van der Waals surface area contributed by atoms with E-state index in [2.05, 4.69) is 10.2 Å². The first-order chi connectivity index (χ1) is 18.9. The summed E-state index contributed by atoms with van der Waals surface area (Å²) in [5, 5.41) is 50.8. The van der Waals surface area contributed by atoms with Crippen LogP contribution in [0.25, 0.3) is 0 Å². The van der Waals surface area contributed by atoms with Gasteiger partial charge >= 0.3 is 17.9 Å². The highest BCUT2D eigenvalue weighted by Crippen LogP contribution is 2.35. The van der Waals surface area contributed by atoms with Crippen molar-refractivity contribution in [2.75, 3.05) is 79.1 Å². The smallest absolute Gasteiger partial charge is 0.321 e. The Morgan fingerprint density at radius 2 is 1.50 bits per heavy atom. The van der Waals surface area contributed by atoms with Crippen molar-refractivity contribution in [3.05, 3.63) is 23.9 Å². The van der Waals surface area contributed by atoms with Gasteiger partial charge in [0, 0.05) is 71.9 Å². The lowest BCUT2D eigenvalue weighted by atomic mass is 9.78. The number of aliphatic imine (C=N–C) groups is 1. The fourth-order valence-electron chi connectivity index (χ4n) is 4.98. The Labute approximate surface area is 238 Å². The fraction of sp³-hybridized carbons (Fsp3) is 0.680. The molecule has 14 nitrogen and oxygen atoms in total. The monoisotopic (exact) mass is 585 g/mol. The van der Waals surface area contributed by atoms with Crippen molar-refractivity contribution in [1.29, 1.82) is 0 Å². The van der Waals surface area contributed by atoms with Gasteiger partial charge in [-0.05, 0) is 31.3 Å². The standard InChI is InChI=1S/C25H39N5O9S/c1-25(39-2)4-3-18(26-17-40)13-19(25)23(24(37)38)30-11-9-28(15-21(33)34)7-5-27(14-20(31)32)6-8-29(10-12-30)16-22(35)36/h3-4,13,19,21,23,33-34H,5-12,14-16H2,1-2H3,(H,31,32)(H,35,36)(H,37,38). The number of nitrogens with zero attached hydrogens (tertiary/aromatic N) is 5. The summed E-state index contributed by atoms with van der Waals surface area (Å²) in [6.45, 7) is 2.92. The molecule has 2 rings (SSSR count). The van der Waals surface area contributed by atoms with E-state index < -0.39 is 41.8 Å². The van der Waals surface area contributed by atoms with E-state index in [4.69, 9.17) is 17.0 Å². The van der Waals surface area contributed by atoms with Crippen LogP contribution in [0, 0.1) is 5.92 Å². The number of methoxy groups -OCH3 is 1. The Morgan fingerprint density at radius 1 is 1.00 bits per heavy atom. The van der Waals surface area contributed by atoms with E-state index in [1.54, 1.807) is 44.8 Å². The minimum Gasteiger partial charge on any atom is -0.480 e. The summed E-state index contributed by atoms with van der Waals surface area (Å²) in [6.07, 6.45) is 3.42. The summed E-state index contributed by atoms with van der Waals surface area (Å²) in [4.78, 5) is 46.6. The largest absolute Gasteiger partial charge is 0.480 e. The molecule has 1 aliphatic heterocycles. The molecule has 0 saturated carbocycles. The van der Waals surface area contributed by atoms with Crippen molar-refractivity contribution >= 4 is 35.3 Å². The minimum absolute atomic E-state index is 0.118. The number of isothiocyanates is 1. The Bertz CT molecular complexity index is 1000. The van der Waals surface area contributed by atoms with Gasteiger partial charge in [0.15, 0.2) is 6.29 Å². The second-order valence-electron chi connectivity index (χ2n) is 9.98. The first-order valence-corrected chi connectivity index (χ1v) is 13.3. The van der Waals surface area contributed by atoms with Gasteiger partial charge in [-0.15, -0.1) is 0 Å². The highest BCUT2D eigenvalue weighted by atomic mass is 32.1. The van der Waals surface area contributed by atoms with Crippen molar-refractivity contribution < 1.29 is 44.7 Å². The number of thiocarbonyl (C=S) groups is 1. The Morgan fingerprint density at radius 3 is 1.95 bits per heavy atom. The highest BCUT2D eigenvalue weighted by molar-refractivity contribution is 7.78. The lowest BCUT2D eigenvalue weighted by molar-refractivity contribution is -0.149. The zero-order valence-corrected chi connectivity index (χ0v) is 23.6. The van der Waals surface area contributed by atoms with E-state index >= 15 is 0 Å². The predicted octanol–water partition coefficient (Wildman–Crippen LogP) is -1.28. The number of aliphatic hydroxyl groups is 2. The molecule has 1 aliphatic carbocycles. The number of aliphatic hydroxyl groups excluding tert-OH is 1. The molecule has 40 heavy (non-hydrogen) atoms. The zero-order valence-electron chi connectivity index (χ0n) is 22.8. The molecular formula is C25H39N5O9S. The molecule has 1 saturated heterocycles. The topological polar surface area (TPSA) is 187 Å². The molecule has 0 bridgehead atoms. The van der Waals surface area contributed by atoms with Gasteiger partial charge in [-0.3, -0.25) is 34.0 Å². The van der Waals surface area contributed by atoms with E-state index in [1.165, 1.54) is 7.11 Å². The molecule has 2 aliphatic rings. The summed E-state index contributed by atoms with van der Waals surface area (Å²) in [5.74, 6) is -3.93. The third-order valence-corrected chi connectivity index (χ3v) is 7.30. The number of carboxylic acid groups (broad SMARTS) is 3. The van der Waals surface area contributed by atoms with Gasteiger partial charge in [0.2, 0.25) is 0 Å². The van der Waals surface area contributed by atoms with E-state index in [0.717, 1.165) is 0 Å². The van der Waals surface area contributed by atoms with Gasteiger partial charge in [-0.2, -0.15) is 4.99 Å². The lowest BCUT2D eigenvalue weighted by Crippen LogP contribution is -2.57. The molecule has 0 aromatic carbocycles. The van der Waals surface area contributed by atoms with Crippen LogP contribution in [0.5, 0.6) is 0 Å². The molecule has 1 heterocycles. The third-order valence-electron chi connectivity index (χ3n) is 7.21. The van der Waals surface area contributed by atoms with Gasteiger partial charge in [0.05, 0.1) is 29.5 Å². The first-order valence-electron chi connectivity index (χ1n) is 12.9. The molecule has 0 radical (unpaired) electrons. The summed E-state index contributed by atoms with van der Waals surface area (Å²) in [7, 11) is 1.48. The van der Waals surface area contributed by atoms with Gasteiger partial charge in [0.1, 0.15) is 6.04 Å². The Kier molecular flexibility index (Phi) is 13.4. The number of hydrogen-bond donors (Lipinski definition) is 5. The van der Waals surface area contributed by atoms with Crippen LogP contribution in [-0.4, -0.2) is 165 Å². The predicted molar refractivity (Wildman–Crippen MR) is 147 cm³/mol. The first kappa shape index (κ1) is 33.6. The van der Waals surface area contributed by atoms with Crippen LogP contribution in [0.1, 0.15) is 6.92 Å². The number of ether oxygens (including phenoxy) is 1. The van der Waals surface area contributed by atoms with E-state index in [-0.39, 0.29) is 72.0 Å². The molecule has 5 N–H and O–H groups in total. The van der Waals surface area contributed by atoms with Gasteiger partial charge in [0.25, 0.3) is 0 Å². The molecule has 0 amide bonds. The van der Waals surface area contributed by atoms with Crippen LogP contribution in [0.3, 0.4) is 0 Å². The number of carboxylic acids is 3. The number of carbonyl (C=O) groups is 3. The van der Waals surface area contributed by atoms with Gasteiger partial charge in [-0.25, -0.2) is 0 Å². The van der Waals surface area contributed by atoms with Crippen molar-refractivity contribution in [3.63, 3.8) is 0 Å². The maximum Gasteiger partial charge on any atom is 0.321 e.